The number of rotatable bonds is 6. The molecule has 3 N–H and O–H groups in total. The number of nitrogens with two attached hydrogens (primary N) is 1. The van der Waals surface area contributed by atoms with Gasteiger partial charge in [0, 0.05) is 25.2 Å². The maximum atomic E-state index is 12.0. The summed E-state index contributed by atoms with van der Waals surface area (Å²) >= 11 is 0. The van der Waals surface area contributed by atoms with Gasteiger partial charge in [0.05, 0.1) is 11.1 Å². The number of nitrogens with one attached hydrogen (secondary N) is 1. The van der Waals surface area contributed by atoms with Gasteiger partial charge in [0.2, 0.25) is 0 Å². The van der Waals surface area contributed by atoms with E-state index in [-0.39, 0.29) is 17.3 Å². The smallest absolute Gasteiger partial charge is 0.287 e. The summed E-state index contributed by atoms with van der Waals surface area (Å²) in [6, 6.07) is 1.26. The third-order valence-electron chi connectivity index (χ3n) is 3.44. The average molecular weight is 268 g/mol. The lowest BCUT2D eigenvalue weighted by atomic mass is 9.94. The third-order valence-corrected chi connectivity index (χ3v) is 3.44. The molecule has 0 saturated heterocycles. The topological polar surface area (TPSA) is 103 Å². The van der Waals surface area contributed by atoms with E-state index in [9.17, 15) is 14.9 Å². The first-order valence-corrected chi connectivity index (χ1v) is 6.21. The van der Waals surface area contributed by atoms with Crippen LogP contribution in [0.3, 0.4) is 0 Å². The van der Waals surface area contributed by atoms with E-state index in [0.717, 1.165) is 12.8 Å². The normalized spacial score (nSPS) is 11.4. The van der Waals surface area contributed by atoms with Crippen LogP contribution < -0.4 is 11.1 Å². The number of aryl methyl sites for hydroxylation is 1. The van der Waals surface area contributed by atoms with Gasteiger partial charge in [-0.3, -0.25) is 14.9 Å². The van der Waals surface area contributed by atoms with Crippen molar-refractivity contribution < 1.29 is 9.72 Å². The first-order chi connectivity index (χ1) is 8.83. The number of amides is 1. The number of hydrogen-bond donors (Lipinski definition) is 2. The lowest BCUT2D eigenvalue weighted by Gasteiger charge is -2.26. The van der Waals surface area contributed by atoms with Crippen LogP contribution in [0.4, 0.5) is 5.69 Å². The zero-order chi connectivity index (χ0) is 14.6. The summed E-state index contributed by atoms with van der Waals surface area (Å²) in [6.45, 7) is 4.27. The van der Waals surface area contributed by atoms with Gasteiger partial charge in [-0.2, -0.15) is 0 Å². The predicted octanol–water partition coefficient (Wildman–Crippen LogP) is 1.18. The molecule has 0 saturated carbocycles. The van der Waals surface area contributed by atoms with E-state index < -0.39 is 10.5 Å². The quantitative estimate of drug-likeness (QED) is 0.597. The van der Waals surface area contributed by atoms with E-state index in [1.54, 1.807) is 7.05 Å². The minimum atomic E-state index is -0.526. The molecule has 7 heteroatoms. The highest BCUT2D eigenvalue weighted by atomic mass is 16.6. The van der Waals surface area contributed by atoms with Crippen LogP contribution in [-0.2, 0) is 7.05 Å². The fourth-order valence-electron chi connectivity index (χ4n) is 1.72. The average Bonchev–Trinajstić information content (AvgIpc) is 2.78. The molecule has 0 unspecified atom stereocenters. The largest absolute Gasteiger partial charge is 0.349 e. The molecule has 106 valence electrons. The molecule has 0 aromatic carbocycles. The van der Waals surface area contributed by atoms with E-state index in [1.807, 2.05) is 13.8 Å². The maximum absolute atomic E-state index is 12.0. The zero-order valence-corrected chi connectivity index (χ0v) is 11.5. The van der Waals surface area contributed by atoms with Crippen LogP contribution in [0.1, 0.15) is 37.2 Å². The lowest BCUT2D eigenvalue weighted by molar-refractivity contribution is -0.384. The fourth-order valence-corrected chi connectivity index (χ4v) is 1.72. The molecule has 1 heterocycles. The Bertz CT molecular complexity index is 477. The Morgan fingerprint density at radius 2 is 2.11 bits per heavy atom. The fraction of sp³-hybridized carbons (Fsp3) is 0.583. The number of nitrogens with zero attached hydrogens (tertiary/aromatic N) is 2. The van der Waals surface area contributed by atoms with Crippen LogP contribution in [0.5, 0.6) is 0 Å². The molecule has 0 radical (unpaired) electrons. The summed E-state index contributed by atoms with van der Waals surface area (Å²) in [7, 11) is 1.59. The Balaban J connectivity index is 2.76. The van der Waals surface area contributed by atoms with E-state index >= 15 is 0 Å². The van der Waals surface area contributed by atoms with Crippen molar-refractivity contribution in [1.29, 1.82) is 0 Å². The molecule has 1 aromatic heterocycles. The zero-order valence-electron chi connectivity index (χ0n) is 11.5. The van der Waals surface area contributed by atoms with Crippen molar-refractivity contribution in [2.45, 2.75) is 32.2 Å². The highest BCUT2D eigenvalue weighted by Crippen LogP contribution is 2.15. The molecule has 0 atom stereocenters. The van der Waals surface area contributed by atoms with Crippen LogP contribution >= 0.6 is 0 Å². The minimum Gasteiger partial charge on any atom is -0.349 e. The van der Waals surface area contributed by atoms with Crippen LogP contribution in [0, 0.1) is 10.1 Å². The molecule has 1 rings (SSSR count). The van der Waals surface area contributed by atoms with Crippen LogP contribution in [-0.4, -0.2) is 27.5 Å². The first-order valence-electron chi connectivity index (χ1n) is 6.21. The third kappa shape index (κ3) is 3.54. The van der Waals surface area contributed by atoms with E-state index in [2.05, 4.69) is 5.32 Å². The van der Waals surface area contributed by atoms with Gasteiger partial charge in [-0.25, -0.2) is 0 Å². The van der Waals surface area contributed by atoms with Crippen molar-refractivity contribution in [1.82, 2.24) is 9.88 Å². The summed E-state index contributed by atoms with van der Waals surface area (Å²) in [5.74, 6) is -0.354. The number of carbonyl (C=O) groups is 1. The number of hydrogen-bond acceptors (Lipinski definition) is 4. The van der Waals surface area contributed by atoms with Gasteiger partial charge >= 0.3 is 0 Å². The Morgan fingerprint density at radius 1 is 1.53 bits per heavy atom. The molecule has 0 spiro atoms. The molecule has 0 fully saturated rings. The Kier molecular flexibility index (Phi) is 4.66. The SMILES string of the molecule is CCC(N)(CC)CNC(=O)c1cc([N+](=O)[O-])cn1C. The van der Waals surface area contributed by atoms with Crippen molar-refractivity contribution >= 4 is 11.6 Å². The summed E-state index contributed by atoms with van der Waals surface area (Å²) in [5, 5.41) is 13.4. The standard InChI is InChI=1S/C12H20N4O3/c1-4-12(13,5-2)8-14-11(17)10-6-9(16(18)19)7-15(10)3/h6-7H,4-5,8,13H2,1-3H3,(H,14,17). The minimum absolute atomic E-state index is 0.0994. The van der Waals surface area contributed by atoms with Gasteiger partial charge in [-0.15, -0.1) is 0 Å². The molecule has 1 amide bonds. The van der Waals surface area contributed by atoms with Gasteiger partial charge in [-0.1, -0.05) is 13.8 Å². The maximum Gasteiger partial charge on any atom is 0.287 e. The Hall–Kier alpha value is -1.89. The summed E-state index contributed by atoms with van der Waals surface area (Å²) < 4.78 is 1.43. The monoisotopic (exact) mass is 268 g/mol. The highest BCUT2D eigenvalue weighted by molar-refractivity contribution is 5.93. The molecule has 0 aliphatic heterocycles. The van der Waals surface area contributed by atoms with E-state index in [4.69, 9.17) is 5.73 Å². The molecule has 19 heavy (non-hydrogen) atoms. The summed E-state index contributed by atoms with van der Waals surface area (Å²) in [6.07, 6.45) is 2.80. The van der Waals surface area contributed by atoms with Crippen molar-refractivity contribution in [2.24, 2.45) is 12.8 Å². The van der Waals surface area contributed by atoms with Crippen molar-refractivity contribution in [2.75, 3.05) is 6.54 Å². The van der Waals surface area contributed by atoms with Crippen LogP contribution in [0.25, 0.3) is 0 Å². The molecule has 0 aliphatic carbocycles. The molecule has 0 bridgehead atoms. The van der Waals surface area contributed by atoms with Crippen molar-refractivity contribution in [3.63, 3.8) is 0 Å². The van der Waals surface area contributed by atoms with E-state index in [0.29, 0.717) is 6.54 Å². The van der Waals surface area contributed by atoms with Crippen LogP contribution in [0.15, 0.2) is 12.3 Å². The molecular weight excluding hydrogens is 248 g/mol. The van der Waals surface area contributed by atoms with Gasteiger partial charge in [0.15, 0.2) is 0 Å². The van der Waals surface area contributed by atoms with Gasteiger partial charge < -0.3 is 15.6 Å². The van der Waals surface area contributed by atoms with Gasteiger partial charge in [-0.05, 0) is 12.8 Å². The number of carbonyl (C=O) groups excluding carboxylic acids is 1. The molecule has 1 aromatic rings. The molecule has 0 aliphatic rings. The summed E-state index contributed by atoms with van der Waals surface area (Å²) in [4.78, 5) is 22.1. The Morgan fingerprint density at radius 3 is 2.53 bits per heavy atom. The van der Waals surface area contributed by atoms with Gasteiger partial charge in [0.1, 0.15) is 5.69 Å². The second-order valence-corrected chi connectivity index (χ2v) is 4.70. The predicted molar refractivity (Wildman–Crippen MR) is 71.9 cm³/mol. The number of nitro groups is 1. The van der Waals surface area contributed by atoms with Crippen LogP contribution in [0.2, 0.25) is 0 Å². The van der Waals surface area contributed by atoms with Crippen molar-refractivity contribution in [3.8, 4) is 0 Å². The lowest BCUT2D eigenvalue weighted by Crippen LogP contribution is -2.49. The van der Waals surface area contributed by atoms with Crippen molar-refractivity contribution in [3.05, 3.63) is 28.1 Å². The number of aromatic nitrogens is 1. The molecular formula is C12H20N4O3. The summed E-state index contributed by atoms with van der Waals surface area (Å²) in [5.41, 5.74) is 5.80. The van der Waals surface area contributed by atoms with Gasteiger partial charge in [0.25, 0.3) is 11.6 Å². The first kappa shape index (κ1) is 15.2. The molecule has 7 nitrogen and oxygen atoms in total. The van der Waals surface area contributed by atoms with E-state index in [1.165, 1.54) is 16.8 Å². The second-order valence-electron chi connectivity index (χ2n) is 4.70. The Labute approximate surface area is 111 Å². The second kappa shape index (κ2) is 5.83. The highest BCUT2D eigenvalue weighted by Gasteiger charge is 2.23.